The Morgan fingerprint density at radius 2 is 1.94 bits per heavy atom. The zero-order valence-corrected chi connectivity index (χ0v) is 8.52. The molecule has 0 atom stereocenters. The van der Waals surface area contributed by atoms with E-state index in [0.29, 0.717) is 5.56 Å². The van der Waals surface area contributed by atoms with Crippen molar-refractivity contribution in [2.75, 3.05) is 0 Å². The van der Waals surface area contributed by atoms with Crippen LogP contribution in [-0.4, -0.2) is 16.1 Å². The Hall–Kier alpha value is -2.30. The van der Waals surface area contributed by atoms with Gasteiger partial charge in [-0.05, 0) is 29.8 Å². The zero-order valence-electron chi connectivity index (χ0n) is 8.52. The van der Waals surface area contributed by atoms with Crippen molar-refractivity contribution in [3.63, 3.8) is 0 Å². The van der Waals surface area contributed by atoms with E-state index in [0.717, 1.165) is 6.07 Å². The van der Waals surface area contributed by atoms with E-state index in [1.807, 2.05) is 0 Å². The lowest BCUT2D eigenvalue weighted by Gasteiger charge is -2.05. The molecule has 1 aromatic carbocycles. The molecule has 0 saturated carbocycles. The van der Waals surface area contributed by atoms with Crippen LogP contribution < -0.4 is 0 Å². The summed E-state index contributed by atoms with van der Waals surface area (Å²) in [5.74, 6) is -2.74. The molecule has 0 radical (unpaired) electrons. The van der Waals surface area contributed by atoms with Crippen LogP contribution in [0.5, 0.6) is 0 Å². The predicted octanol–water partition coefficient (Wildman–Crippen LogP) is 2.73. The second kappa shape index (κ2) is 4.29. The van der Waals surface area contributed by atoms with Gasteiger partial charge in [0.25, 0.3) is 0 Å². The molecule has 1 N–H and O–H groups in total. The Bertz CT molecular complexity index is 584. The maximum atomic E-state index is 13.0. The van der Waals surface area contributed by atoms with Crippen LogP contribution in [0.1, 0.15) is 10.5 Å². The Balaban J connectivity index is 2.63. The number of nitrogens with zero attached hydrogens (tertiary/aromatic N) is 1. The lowest BCUT2D eigenvalue weighted by molar-refractivity contribution is 0.0690. The summed E-state index contributed by atoms with van der Waals surface area (Å²) in [4.78, 5) is 14.2. The maximum absolute atomic E-state index is 13.0. The van der Waals surface area contributed by atoms with Crippen molar-refractivity contribution in [3.8, 4) is 11.1 Å². The van der Waals surface area contributed by atoms with Crippen LogP contribution in [0.4, 0.5) is 8.78 Å². The number of hydrogen-bond donors (Lipinski definition) is 1. The number of carboxylic acid groups (broad SMARTS) is 1. The molecular formula is C12H7F2NO2. The minimum Gasteiger partial charge on any atom is -0.476 e. The van der Waals surface area contributed by atoms with Crippen LogP contribution in [0.2, 0.25) is 0 Å². The molecular weight excluding hydrogens is 228 g/mol. The van der Waals surface area contributed by atoms with Gasteiger partial charge in [-0.3, -0.25) is 0 Å². The molecule has 0 spiro atoms. The molecule has 5 heteroatoms. The number of carbonyl (C=O) groups is 1. The van der Waals surface area contributed by atoms with Gasteiger partial charge in [0, 0.05) is 5.56 Å². The van der Waals surface area contributed by atoms with E-state index < -0.39 is 23.4 Å². The van der Waals surface area contributed by atoms with Gasteiger partial charge in [-0.2, -0.15) is 4.39 Å². The van der Waals surface area contributed by atoms with Crippen molar-refractivity contribution in [1.82, 2.24) is 4.98 Å². The lowest BCUT2D eigenvalue weighted by atomic mass is 10.0. The van der Waals surface area contributed by atoms with Gasteiger partial charge >= 0.3 is 5.97 Å². The number of rotatable bonds is 2. The quantitative estimate of drug-likeness (QED) is 0.814. The van der Waals surface area contributed by atoms with Gasteiger partial charge < -0.3 is 5.11 Å². The third-order valence-corrected chi connectivity index (χ3v) is 2.20. The molecule has 0 fully saturated rings. The molecule has 0 bridgehead atoms. The first-order chi connectivity index (χ1) is 8.08. The standard InChI is InChI=1S/C12H7F2NO2/c13-8-3-1-2-7(6-8)9-4-5-10(14)15-11(9)12(16)17/h1-6H,(H,16,17). The first-order valence-corrected chi connectivity index (χ1v) is 4.73. The number of pyridine rings is 1. The van der Waals surface area contributed by atoms with E-state index in [1.165, 1.54) is 30.3 Å². The molecule has 1 aromatic heterocycles. The maximum Gasteiger partial charge on any atom is 0.355 e. The SMILES string of the molecule is O=C(O)c1nc(F)ccc1-c1cccc(F)c1. The van der Waals surface area contributed by atoms with Gasteiger partial charge in [-0.25, -0.2) is 14.2 Å². The van der Waals surface area contributed by atoms with Crippen molar-refractivity contribution in [1.29, 1.82) is 0 Å². The molecule has 0 aliphatic heterocycles. The van der Waals surface area contributed by atoms with E-state index >= 15 is 0 Å². The van der Waals surface area contributed by atoms with Crippen LogP contribution in [0, 0.1) is 11.8 Å². The number of aromatic carboxylic acids is 1. The van der Waals surface area contributed by atoms with Gasteiger partial charge in [-0.15, -0.1) is 0 Å². The summed E-state index contributed by atoms with van der Waals surface area (Å²) in [6, 6.07) is 7.68. The molecule has 86 valence electrons. The summed E-state index contributed by atoms with van der Waals surface area (Å²) >= 11 is 0. The minimum absolute atomic E-state index is 0.179. The summed E-state index contributed by atoms with van der Waals surface area (Å²) in [6.07, 6.45) is 0. The number of hydrogen-bond acceptors (Lipinski definition) is 2. The van der Waals surface area contributed by atoms with Crippen LogP contribution in [-0.2, 0) is 0 Å². The molecule has 0 aliphatic carbocycles. The first-order valence-electron chi connectivity index (χ1n) is 4.73. The van der Waals surface area contributed by atoms with Gasteiger partial charge in [0.1, 0.15) is 5.82 Å². The minimum atomic E-state index is -1.36. The predicted molar refractivity (Wildman–Crippen MR) is 56.5 cm³/mol. The normalized spacial score (nSPS) is 10.2. The van der Waals surface area contributed by atoms with Crippen molar-refractivity contribution in [2.45, 2.75) is 0 Å². The Morgan fingerprint density at radius 3 is 2.59 bits per heavy atom. The summed E-state index contributed by atoms with van der Waals surface area (Å²) in [5, 5.41) is 8.90. The summed E-state index contributed by atoms with van der Waals surface area (Å²) in [6.45, 7) is 0. The summed E-state index contributed by atoms with van der Waals surface area (Å²) in [5.41, 5.74) is 0.0869. The molecule has 2 rings (SSSR count). The Morgan fingerprint density at radius 1 is 1.18 bits per heavy atom. The van der Waals surface area contributed by atoms with Gasteiger partial charge in [-0.1, -0.05) is 12.1 Å². The van der Waals surface area contributed by atoms with E-state index in [9.17, 15) is 13.6 Å². The van der Waals surface area contributed by atoms with Crippen LogP contribution in [0.25, 0.3) is 11.1 Å². The first kappa shape index (κ1) is 11.2. The Labute approximate surface area is 95.4 Å². The largest absolute Gasteiger partial charge is 0.476 e. The van der Waals surface area contributed by atoms with Gasteiger partial charge in [0.05, 0.1) is 0 Å². The van der Waals surface area contributed by atoms with E-state index in [4.69, 9.17) is 5.11 Å². The molecule has 3 nitrogen and oxygen atoms in total. The highest BCUT2D eigenvalue weighted by Crippen LogP contribution is 2.23. The van der Waals surface area contributed by atoms with Crippen molar-refractivity contribution >= 4 is 5.97 Å². The highest BCUT2D eigenvalue weighted by atomic mass is 19.1. The molecule has 2 aromatic rings. The molecule has 0 amide bonds. The highest BCUT2D eigenvalue weighted by molar-refractivity contribution is 5.93. The number of halogens is 2. The molecule has 0 unspecified atom stereocenters. The number of benzene rings is 1. The fourth-order valence-electron chi connectivity index (χ4n) is 1.49. The zero-order chi connectivity index (χ0) is 12.4. The summed E-state index contributed by atoms with van der Waals surface area (Å²) in [7, 11) is 0. The van der Waals surface area contributed by atoms with Crippen LogP contribution in [0.15, 0.2) is 36.4 Å². The van der Waals surface area contributed by atoms with Crippen molar-refractivity contribution in [3.05, 3.63) is 53.9 Å². The fourth-order valence-corrected chi connectivity index (χ4v) is 1.49. The molecule has 1 heterocycles. The van der Waals surface area contributed by atoms with E-state index in [1.54, 1.807) is 0 Å². The topological polar surface area (TPSA) is 50.2 Å². The summed E-state index contributed by atoms with van der Waals surface area (Å²) < 4.78 is 25.9. The molecule has 0 saturated heterocycles. The average Bonchev–Trinajstić information content (AvgIpc) is 2.28. The van der Waals surface area contributed by atoms with Gasteiger partial charge in [0.15, 0.2) is 5.69 Å². The molecule has 17 heavy (non-hydrogen) atoms. The third-order valence-electron chi connectivity index (χ3n) is 2.20. The Kier molecular flexibility index (Phi) is 2.82. The second-order valence-electron chi connectivity index (χ2n) is 3.35. The number of aromatic nitrogens is 1. The fraction of sp³-hybridized carbons (Fsp3) is 0. The van der Waals surface area contributed by atoms with E-state index in [-0.39, 0.29) is 5.56 Å². The average molecular weight is 235 g/mol. The number of carboxylic acids is 1. The third kappa shape index (κ3) is 2.28. The second-order valence-corrected chi connectivity index (χ2v) is 3.35. The monoisotopic (exact) mass is 235 g/mol. The smallest absolute Gasteiger partial charge is 0.355 e. The van der Waals surface area contributed by atoms with Crippen LogP contribution >= 0.6 is 0 Å². The highest BCUT2D eigenvalue weighted by Gasteiger charge is 2.14. The van der Waals surface area contributed by atoms with E-state index in [2.05, 4.69) is 4.98 Å². The molecule has 0 aliphatic rings. The van der Waals surface area contributed by atoms with Crippen molar-refractivity contribution < 1.29 is 18.7 Å². The van der Waals surface area contributed by atoms with Gasteiger partial charge in [0.2, 0.25) is 5.95 Å². The lowest BCUT2D eigenvalue weighted by Crippen LogP contribution is -2.04. The van der Waals surface area contributed by atoms with Crippen molar-refractivity contribution in [2.24, 2.45) is 0 Å². The van der Waals surface area contributed by atoms with Crippen LogP contribution in [0.3, 0.4) is 0 Å².